The van der Waals surface area contributed by atoms with Crippen molar-refractivity contribution in [3.05, 3.63) is 64.7 Å². The van der Waals surface area contributed by atoms with Crippen molar-refractivity contribution in [3.63, 3.8) is 0 Å². The summed E-state index contributed by atoms with van der Waals surface area (Å²) in [4.78, 5) is 17.8. The SMILES string of the molecule is CC(=O)N1CCN(c2ccc3c(c2)CCN(CS(=O)(=O)N(C)Cc2ccc(C)cc2)C3)CC1. The lowest BCUT2D eigenvalue weighted by atomic mass is 9.99. The first kappa shape index (κ1) is 23.7. The Morgan fingerprint density at radius 3 is 2.33 bits per heavy atom. The average molecular weight is 471 g/mol. The first-order valence-corrected chi connectivity index (χ1v) is 13.2. The molecule has 8 heteroatoms. The Hall–Kier alpha value is -2.42. The molecule has 0 N–H and O–H groups in total. The van der Waals surface area contributed by atoms with Crippen LogP contribution in [0.25, 0.3) is 0 Å². The molecule has 0 aromatic heterocycles. The smallest absolute Gasteiger partial charge is 0.227 e. The highest BCUT2D eigenvalue weighted by Gasteiger charge is 2.26. The fourth-order valence-corrected chi connectivity index (χ4v) is 5.79. The molecule has 0 aliphatic carbocycles. The molecule has 7 nitrogen and oxygen atoms in total. The van der Waals surface area contributed by atoms with Crippen LogP contribution in [0.15, 0.2) is 42.5 Å². The first-order chi connectivity index (χ1) is 15.7. The fourth-order valence-electron chi connectivity index (χ4n) is 4.56. The van der Waals surface area contributed by atoms with Gasteiger partial charge in [-0.1, -0.05) is 35.9 Å². The molecule has 0 atom stereocenters. The van der Waals surface area contributed by atoms with E-state index >= 15 is 0 Å². The third kappa shape index (κ3) is 5.75. The Kier molecular flexibility index (Phi) is 7.07. The molecule has 0 unspecified atom stereocenters. The highest BCUT2D eigenvalue weighted by atomic mass is 32.2. The predicted octanol–water partition coefficient (Wildman–Crippen LogP) is 2.44. The summed E-state index contributed by atoms with van der Waals surface area (Å²) < 4.78 is 27.4. The van der Waals surface area contributed by atoms with Gasteiger partial charge in [-0.25, -0.2) is 8.42 Å². The number of anilines is 1. The van der Waals surface area contributed by atoms with Crippen LogP contribution in [-0.4, -0.2) is 74.1 Å². The van der Waals surface area contributed by atoms with Crippen LogP contribution in [0.3, 0.4) is 0 Å². The van der Waals surface area contributed by atoms with E-state index in [0.29, 0.717) is 13.1 Å². The van der Waals surface area contributed by atoms with Gasteiger partial charge >= 0.3 is 0 Å². The van der Waals surface area contributed by atoms with Gasteiger partial charge in [-0.05, 0) is 42.2 Å². The van der Waals surface area contributed by atoms with Crippen molar-refractivity contribution in [2.45, 2.75) is 33.4 Å². The molecule has 1 fully saturated rings. The van der Waals surface area contributed by atoms with Crippen molar-refractivity contribution >= 4 is 21.6 Å². The van der Waals surface area contributed by atoms with E-state index in [2.05, 4.69) is 23.1 Å². The number of amides is 1. The topological polar surface area (TPSA) is 64.2 Å². The van der Waals surface area contributed by atoms with Crippen LogP contribution < -0.4 is 4.90 Å². The molecule has 0 bridgehead atoms. The second-order valence-electron chi connectivity index (χ2n) is 9.23. The van der Waals surface area contributed by atoms with E-state index in [4.69, 9.17) is 0 Å². The normalized spacial score (nSPS) is 17.3. The van der Waals surface area contributed by atoms with E-state index in [0.717, 1.165) is 50.3 Å². The number of carbonyl (C=O) groups excluding carboxylic acids is 1. The summed E-state index contributed by atoms with van der Waals surface area (Å²) in [6.45, 7) is 8.61. The molecule has 2 aromatic rings. The van der Waals surface area contributed by atoms with Crippen LogP contribution in [0.4, 0.5) is 5.69 Å². The molecule has 4 rings (SSSR count). The zero-order valence-corrected chi connectivity index (χ0v) is 20.6. The molecule has 1 amide bonds. The monoisotopic (exact) mass is 470 g/mol. The second kappa shape index (κ2) is 9.83. The molecule has 33 heavy (non-hydrogen) atoms. The van der Waals surface area contributed by atoms with Crippen LogP contribution in [-0.2, 0) is 34.3 Å². The summed E-state index contributed by atoms with van der Waals surface area (Å²) in [5, 5.41) is 0. The summed E-state index contributed by atoms with van der Waals surface area (Å²) in [5.41, 5.74) is 5.84. The standard InChI is InChI=1S/C25H34N4O3S/c1-20-4-6-22(7-5-20)17-26(3)33(31,32)19-27-11-10-23-16-25(9-8-24(23)18-27)29-14-12-28(13-15-29)21(2)30/h4-9,16H,10-15,17-19H2,1-3H3. The van der Waals surface area contributed by atoms with Crippen LogP contribution in [0.2, 0.25) is 0 Å². The van der Waals surface area contributed by atoms with E-state index in [1.165, 1.54) is 21.1 Å². The van der Waals surface area contributed by atoms with E-state index < -0.39 is 10.0 Å². The number of sulfonamides is 1. The third-order valence-electron chi connectivity index (χ3n) is 6.72. The number of aryl methyl sites for hydroxylation is 1. The van der Waals surface area contributed by atoms with Crippen LogP contribution >= 0.6 is 0 Å². The highest BCUT2D eigenvalue weighted by Crippen LogP contribution is 2.26. The van der Waals surface area contributed by atoms with Crippen LogP contribution in [0, 0.1) is 6.92 Å². The molecule has 2 aliphatic rings. The molecule has 0 spiro atoms. The Balaban J connectivity index is 1.35. The van der Waals surface area contributed by atoms with E-state index in [-0.39, 0.29) is 11.8 Å². The number of rotatable bonds is 6. The molecule has 0 saturated carbocycles. The van der Waals surface area contributed by atoms with Gasteiger partial charge < -0.3 is 9.80 Å². The van der Waals surface area contributed by atoms with Crippen molar-refractivity contribution in [3.8, 4) is 0 Å². The van der Waals surface area contributed by atoms with Crippen molar-refractivity contribution in [2.24, 2.45) is 0 Å². The maximum atomic E-state index is 13.0. The van der Waals surface area contributed by atoms with Crippen molar-refractivity contribution in [1.82, 2.24) is 14.1 Å². The first-order valence-electron chi connectivity index (χ1n) is 11.6. The largest absolute Gasteiger partial charge is 0.368 e. The van der Waals surface area contributed by atoms with Gasteiger partial charge in [-0.2, -0.15) is 4.31 Å². The Labute approximate surface area is 197 Å². The van der Waals surface area contributed by atoms with Gasteiger partial charge in [0, 0.05) is 65.5 Å². The minimum Gasteiger partial charge on any atom is -0.368 e. The Morgan fingerprint density at radius 2 is 1.67 bits per heavy atom. The molecule has 2 aliphatic heterocycles. The Bertz CT molecular complexity index is 1090. The number of benzene rings is 2. The quantitative estimate of drug-likeness (QED) is 0.649. The lowest BCUT2D eigenvalue weighted by molar-refractivity contribution is -0.129. The maximum absolute atomic E-state index is 13.0. The third-order valence-corrected chi connectivity index (χ3v) is 8.49. The predicted molar refractivity (Wildman–Crippen MR) is 131 cm³/mol. The van der Waals surface area contributed by atoms with Crippen LogP contribution in [0.5, 0.6) is 0 Å². The number of hydrogen-bond donors (Lipinski definition) is 0. The molecular weight excluding hydrogens is 436 g/mol. The second-order valence-corrected chi connectivity index (χ2v) is 11.3. The van der Waals surface area contributed by atoms with Crippen molar-refractivity contribution in [1.29, 1.82) is 0 Å². The minimum atomic E-state index is -3.39. The molecule has 0 radical (unpaired) electrons. The van der Waals surface area contributed by atoms with Crippen molar-refractivity contribution in [2.75, 3.05) is 50.5 Å². The average Bonchev–Trinajstić information content (AvgIpc) is 2.80. The van der Waals surface area contributed by atoms with Gasteiger partial charge in [0.15, 0.2) is 0 Å². The van der Waals surface area contributed by atoms with Gasteiger partial charge in [0.05, 0.1) is 0 Å². The zero-order valence-electron chi connectivity index (χ0n) is 19.8. The van der Waals surface area contributed by atoms with E-state index in [9.17, 15) is 13.2 Å². The van der Waals surface area contributed by atoms with Gasteiger partial charge in [0.2, 0.25) is 15.9 Å². The number of hydrogen-bond acceptors (Lipinski definition) is 5. The number of fused-ring (bicyclic) bond motifs is 1. The zero-order chi connectivity index (χ0) is 23.6. The number of carbonyl (C=O) groups is 1. The van der Waals surface area contributed by atoms with Gasteiger partial charge in [0.1, 0.15) is 5.88 Å². The van der Waals surface area contributed by atoms with Gasteiger partial charge in [-0.15, -0.1) is 0 Å². The van der Waals surface area contributed by atoms with E-state index in [1.54, 1.807) is 14.0 Å². The van der Waals surface area contributed by atoms with Crippen molar-refractivity contribution < 1.29 is 13.2 Å². The summed E-state index contributed by atoms with van der Waals surface area (Å²) in [6, 6.07) is 14.5. The summed E-state index contributed by atoms with van der Waals surface area (Å²) in [6.07, 6.45) is 0.841. The lowest BCUT2D eigenvalue weighted by Gasteiger charge is -2.36. The summed E-state index contributed by atoms with van der Waals surface area (Å²) in [7, 11) is -1.73. The minimum absolute atomic E-state index is 0.0313. The summed E-state index contributed by atoms with van der Waals surface area (Å²) in [5.74, 6) is 0.170. The molecule has 178 valence electrons. The number of piperazine rings is 1. The van der Waals surface area contributed by atoms with E-state index in [1.807, 2.05) is 41.0 Å². The fraction of sp³-hybridized carbons (Fsp3) is 0.480. The maximum Gasteiger partial charge on any atom is 0.227 e. The Morgan fingerprint density at radius 1 is 0.970 bits per heavy atom. The molecule has 2 aromatic carbocycles. The number of nitrogens with zero attached hydrogens (tertiary/aromatic N) is 4. The van der Waals surface area contributed by atoms with Crippen LogP contribution in [0.1, 0.15) is 29.2 Å². The molecule has 1 saturated heterocycles. The van der Waals surface area contributed by atoms with Gasteiger partial charge in [-0.3, -0.25) is 9.69 Å². The lowest BCUT2D eigenvalue weighted by Crippen LogP contribution is -2.48. The highest BCUT2D eigenvalue weighted by molar-refractivity contribution is 7.88. The summed E-state index contributed by atoms with van der Waals surface area (Å²) >= 11 is 0. The molecule has 2 heterocycles. The van der Waals surface area contributed by atoms with Gasteiger partial charge in [0.25, 0.3) is 0 Å². The molecular formula is C25H34N4O3S.